The van der Waals surface area contributed by atoms with Gasteiger partial charge in [-0.25, -0.2) is 4.39 Å². The van der Waals surface area contributed by atoms with E-state index in [1.807, 2.05) is 19.1 Å². The van der Waals surface area contributed by atoms with E-state index in [1.54, 1.807) is 6.07 Å². The molecule has 194 valence electrons. The summed E-state index contributed by atoms with van der Waals surface area (Å²) < 4.78 is 20.4. The first-order valence-electron chi connectivity index (χ1n) is 14.7. The van der Waals surface area contributed by atoms with Crippen molar-refractivity contribution in [3.8, 4) is 5.75 Å². The van der Waals surface area contributed by atoms with Crippen LogP contribution in [0.4, 0.5) is 4.39 Å². The fourth-order valence-electron chi connectivity index (χ4n) is 7.54. The summed E-state index contributed by atoms with van der Waals surface area (Å²) in [4.78, 5) is 13.2. The van der Waals surface area contributed by atoms with Crippen molar-refractivity contribution in [2.24, 2.45) is 35.5 Å². The van der Waals surface area contributed by atoms with E-state index in [0.29, 0.717) is 11.8 Å². The fourth-order valence-corrected chi connectivity index (χ4v) is 7.54. The van der Waals surface area contributed by atoms with Gasteiger partial charge in [0.1, 0.15) is 0 Å². The normalized spacial score (nSPS) is 31.3. The number of benzene rings is 1. The summed E-state index contributed by atoms with van der Waals surface area (Å²) in [6, 6.07) is 5.06. The Morgan fingerprint density at radius 3 is 2.57 bits per heavy atom. The summed E-state index contributed by atoms with van der Waals surface area (Å²) in [7, 11) is 0. The van der Waals surface area contributed by atoms with E-state index < -0.39 is 5.82 Å². The van der Waals surface area contributed by atoms with Gasteiger partial charge in [-0.1, -0.05) is 70.1 Å². The van der Waals surface area contributed by atoms with Crippen molar-refractivity contribution in [3.05, 3.63) is 41.7 Å². The maximum Gasteiger partial charge on any atom is 0.314 e. The minimum Gasteiger partial charge on any atom is -0.423 e. The maximum atomic E-state index is 14.7. The van der Waals surface area contributed by atoms with Crippen LogP contribution in [-0.2, 0) is 11.2 Å². The second kappa shape index (κ2) is 13.1. The molecule has 0 aromatic heterocycles. The number of halogens is 1. The molecule has 0 aliphatic heterocycles. The number of fused-ring (bicyclic) bond motifs is 1. The molecule has 4 unspecified atom stereocenters. The lowest BCUT2D eigenvalue weighted by atomic mass is 9.59. The van der Waals surface area contributed by atoms with E-state index in [9.17, 15) is 9.18 Å². The van der Waals surface area contributed by atoms with Gasteiger partial charge in [0, 0.05) is 0 Å². The number of esters is 1. The van der Waals surface area contributed by atoms with E-state index in [0.717, 1.165) is 55.4 Å². The number of carbonyl (C=O) groups excluding carboxylic acids is 1. The van der Waals surface area contributed by atoms with E-state index >= 15 is 0 Å². The third-order valence-electron chi connectivity index (χ3n) is 9.56. The number of aryl methyl sites for hydroxylation is 1. The predicted octanol–water partition coefficient (Wildman–Crippen LogP) is 9.07. The Labute approximate surface area is 213 Å². The first-order chi connectivity index (χ1) is 17.1. The van der Waals surface area contributed by atoms with E-state index in [2.05, 4.69) is 13.0 Å². The Morgan fingerprint density at radius 1 is 1.03 bits per heavy atom. The first kappa shape index (κ1) is 26.4. The lowest BCUT2D eigenvalue weighted by molar-refractivity contribution is -0.144. The molecule has 0 spiro atoms. The number of carbonyl (C=O) groups is 1. The smallest absolute Gasteiger partial charge is 0.314 e. The highest BCUT2D eigenvalue weighted by Gasteiger charge is 2.43. The van der Waals surface area contributed by atoms with Gasteiger partial charge >= 0.3 is 5.97 Å². The number of rotatable bonds is 9. The van der Waals surface area contributed by atoms with Crippen molar-refractivity contribution < 1.29 is 13.9 Å². The van der Waals surface area contributed by atoms with Crippen LogP contribution in [0.15, 0.2) is 30.4 Å². The summed E-state index contributed by atoms with van der Waals surface area (Å²) >= 11 is 0. The first-order valence-corrected chi connectivity index (χ1v) is 14.7. The van der Waals surface area contributed by atoms with Crippen LogP contribution in [0.2, 0.25) is 0 Å². The number of hydrogen-bond acceptors (Lipinski definition) is 2. The number of allylic oxidation sites excluding steroid dienone is 2. The van der Waals surface area contributed by atoms with Gasteiger partial charge in [0.15, 0.2) is 11.6 Å². The SMILES string of the molecule is C/C=C/CCc1ccc(OC(=O)C2CCCC3CC(C4CCC(CCCC)CC4)CCC32)c(F)c1. The number of unbranched alkanes of at least 4 members (excludes halogenated alkanes) is 1. The van der Waals surface area contributed by atoms with Crippen molar-refractivity contribution >= 4 is 5.97 Å². The van der Waals surface area contributed by atoms with E-state index in [1.165, 1.54) is 70.3 Å². The average Bonchev–Trinajstić information content (AvgIpc) is 2.88. The molecule has 3 aliphatic carbocycles. The average molecular weight is 483 g/mol. The Morgan fingerprint density at radius 2 is 1.83 bits per heavy atom. The molecule has 3 aliphatic rings. The van der Waals surface area contributed by atoms with Gasteiger partial charge < -0.3 is 4.74 Å². The highest BCUT2D eigenvalue weighted by molar-refractivity contribution is 5.75. The summed E-state index contributed by atoms with van der Waals surface area (Å²) in [5.41, 5.74) is 0.941. The molecular formula is C32H47FO2. The Balaban J connectivity index is 1.29. The molecule has 0 saturated heterocycles. The number of ether oxygens (including phenoxy) is 1. The lowest BCUT2D eigenvalue weighted by Crippen LogP contribution is -2.40. The van der Waals surface area contributed by atoms with Crippen molar-refractivity contribution in [2.45, 2.75) is 110 Å². The van der Waals surface area contributed by atoms with Crippen LogP contribution < -0.4 is 4.74 Å². The molecule has 0 amide bonds. The molecule has 0 bridgehead atoms. The molecular weight excluding hydrogens is 435 g/mol. The highest BCUT2D eigenvalue weighted by atomic mass is 19.1. The van der Waals surface area contributed by atoms with Crippen LogP contribution in [0.5, 0.6) is 5.75 Å². The van der Waals surface area contributed by atoms with Crippen LogP contribution in [0, 0.1) is 41.3 Å². The topological polar surface area (TPSA) is 26.3 Å². The van der Waals surface area contributed by atoms with Gasteiger partial charge in [-0.15, -0.1) is 0 Å². The number of hydrogen-bond donors (Lipinski definition) is 0. The molecule has 3 saturated carbocycles. The Bertz CT molecular complexity index is 838. The quantitative estimate of drug-likeness (QED) is 0.199. The summed E-state index contributed by atoms with van der Waals surface area (Å²) in [6.07, 6.45) is 22.6. The third kappa shape index (κ3) is 6.98. The largest absolute Gasteiger partial charge is 0.423 e. The summed E-state index contributed by atoms with van der Waals surface area (Å²) in [5, 5.41) is 0. The maximum absolute atomic E-state index is 14.7. The summed E-state index contributed by atoms with van der Waals surface area (Å²) in [5.74, 6) is 3.23. The standard InChI is InChI=1S/C32H47FO2/c1-3-5-7-10-24-15-20-31(30(33)21-24)35-32(34)29-12-8-11-27-22-26(18-19-28(27)29)25-16-13-23(14-17-25)9-6-4-2/h3,5,15,20-21,23,25-29H,4,6-14,16-19,22H2,1-2H3/b5-3+. The molecule has 0 N–H and O–H groups in total. The Kier molecular flexibility index (Phi) is 9.86. The fraction of sp³-hybridized carbons (Fsp3) is 0.719. The van der Waals surface area contributed by atoms with Gasteiger partial charge in [-0.3, -0.25) is 4.79 Å². The zero-order valence-corrected chi connectivity index (χ0v) is 22.2. The molecule has 0 radical (unpaired) electrons. The van der Waals surface area contributed by atoms with Gasteiger partial charge in [-0.05, 0) is 106 Å². The molecule has 0 heterocycles. The van der Waals surface area contributed by atoms with Gasteiger partial charge in [-0.2, -0.15) is 0 Å². The third-order valence-corrected chi connectivity index (χ3v) is 9.56. The van der Waals surface area contributed by atoms with Crippen LogP contribution in [0.3, 0.4) is 0 Å². The Hall–Kier alpha value is -1.64. The van der Waals surface area contributed by atoms with Crippen molar-refractivity contribution in [2.75, 3.05) is 0 Å². The second-order valence-electron chi connectivity index (χ2n) is 11.8. The van der Waals surface area contributed by atoms with Gasteiger partial charge in [0.05, 0.1) is 5.92 Å². The molecule has 4 atom stereocenters. The van der Waals surface area contributed by atoms with Crippen LogP contribution in [0.1, 0.15) is 109 Å². The van der Waals surface area contributed by atoms with E-state index in [-0.39, 0.29) is 17.6 Å². The lowest BCUT2D eigenvalue weighted by Gasteiger charge is -2.46. The van der Waals surface area contributed by atoms with Gasteiger partial charge in [0.2, 0.25) is 0 Å². The molecule has 1 aromatic carbocycles. The second-order valence-corrected chi connectivity index (χ2v) is 11.8. The molecule has 3 fully saturated rings. The molecule has 1 aromatic rings. The van der Waals surface area contributed by atoms with Gasteiger partial charge in [0.25, 0.3) is 0 Å². The molecule has 35 heavy (non-hydrogen) atoms. The van der Waals surface area contributed by atoms with Crippen molar-refractivity contribution in [1.29, 1.82) is 0 Å². The molecule has 4 rings (SSSR count). The van der Waals surface area contributed by atoms with Crippen LogP contribution >= 0.6 is 0 Å². The molecule has 2 nitrogen and oxygen atoms in total. The minimum absolute atomic E-state index is 0.0618. The zero-order chi connectivity index (χ0) is 24.6. The van der Waals surface area contributed by atoms with E-state index in [4.69, 9.17) is 4.74 Å². The van der Waals surface area contributed by atoms with Crippen LogP contribution in [-0.4, -0.2) is 5.97 Å². The monoisotopic (exact) mass is 482 g/mol. The highest BCUT2D eigenvalue weighted by Crippen LogP contribution is 2.50. The predicted molar refractivity (Wildman–Crippen MR) is 142 cm³/mol. The van der Waals surface area contributed by atoms with Crippen LogP contribution in [0.25, 0.3) is 0 Å². The van der Waals surface area contributed by atoms with Crippen molar-refractivity contribution in [1.82, 2.24) is 0 Å². The van der Waals surface area contributed by atoms with Crippen molar-refractivity contribution in [3.63, 3.8) is 0 Å². The summed E-state index contributed by atoms with van der Waals surface area (Å²) in [6.45, 7) is 4.29. The minimum atomic E-state index is -0.415. The molecule has 3 heteroatoms. The zero-order valence-electron chi connectivity index (χ0n) is 22.2.